The monoisotopic (exact) mass is 1350 g/mol. The number of para-hydroxylation sites is 2. The van der Waals surface area contributed by atoms with Crippen molar-refractivity contribution in [3.05, 3.63) is 102 Å². The first kappa shape index (κ1) is 83.2. The van der Waals surface area contributed by atoms with E-state index in [4.69, 9.17) is 35.3 Å². The van der Waals surface area contributed by atoms with E-state index in [0.29, 0.717) is 39.3 Å². The molecular weight excluding hydrogens is 1270 g/mol. The van der Waals surface area contributed by atoms with Gasteiger partial charge in [-0.05, 0) is 191 Å². The Morgan fingerprint density at radius 1 is 0.586 bits per heavy atom. The summed E-state index contributed by atoms with van der Waals surface area (Å²) in [7, 11) is 7.62. The van der Waals surface area contributed by atoms with Crippen molar-refractivity contribution >= 4 is 174 Å². The summed E-state index contributed by atoms with van der Waals surface area (Å²) < 4.78 is 29.7. The number of thiocarbonyl (C=S) groups is 8. The van der Waals surface area contributed by atoms with Crippen LogP contribution in [0.1, 0.15) is 96.6 Å². The lowest BCUT2D eigenvalue weighted by Crippen LogP contribution is -2.37. The van der Waals surface area contributed by atoms with Gasteiger partial charge in [-0.15, -0.1) is 0 Å². The van der Waals surface area contributed by atoms with Crippen LogP contribution in [0.25, 0.3) is 0 Å². The van der Waals surface area contributed by atoms with Crippen LogP contribution in [0.3, 0.4) is 0 Å². The highest BCUT2D eigenvalue weighted by Crippen LogP contribution is 2.32. The maximum Gasteiger partial charge on any atom is 0.331 e. The number of hydrogen-bond acceptors (Lipinski definition) is 24. The van der Waals surface area contributed by atoms with E-state index in [1.807, 2.05) is 61.5 Å². The summed E-state index contributed by atoms with van der Waals surface area (Å²) in [4.78, 5) is 43.4. The van der Waals surface area contributed by atoms with Crippen molar-refractivity contribution in [3.8, 4) is 23.0 Å². The molecule has 0 aromatic heterocycles. The largest absolute Gasteiger partial charge is 0.497 e. The number of aliphatic imine (C=N–C) groups is 8. The Morgan fingerprint density at radius 2 is 1.14 bits per heavy atom. The van der Waals surface area contributed by atoms with Gasteiger partial charge in [-0.1, -0.05) is 99.5 Å². The van der Waals surface area contributed by atoms with Gasteiger partial charge in [0.15, 0.2) is 6.04 Å². The van der Waals surface area contributed by atoms with Gasteiger partial charge in [-0.3, -0.25) is 4.90 Å². The molecule has 4 aromatic carbocycles. The molecular formula is C62H78ClN9O7S8. The van der Waals surface area contributed by atoms with Crippen molar-refractivity contribution in [2.45, 2.75) is 97.1 Å². The van der Waals surface area contributed by atoms with Crippen LogP contribution < -0.4 is 18.9 Å². The number of rotatable bonds is 22. The summed E-state index contributed by atoms with van der Waals surface area (Å²) >= 11 is 41.3. The molecule has 1 aliphatic heterocycles. The standard InChI is InChI=1S/C9H9NO2S.C9H9NS.C8H6ClNOS.C8H14N2OS.C8H7NOS.C8H13NS.C7H13NS.C5H7NO2S/c1-11-7-3-4-8(10-6-13)9(5-7)12-2;1-8(10-7-11)9-5-3-2-4-6-9;1-11-8-3-2-6(9)4-7(8)10-5-12;12-8-9-2-1-3-10-4-6-11-7-5-10;1-10-8-5-3-2-4-7(8)9-6-11;10-7-9-6-8-4-2-1-3-5-8;1-2-3-4-5-6-8-7-9;1-4(6-3-9)5(7)8-2/h3-5H,1-2H3;2-6,8H,1H3;2-4H,1H3;1-7H2;2-5H,1H3;8H,1-6H2;2-6H2,1H3;4H,1-2H3. The highest BCUT2D eigenvalue weighted by atomic mass is 35.5. The molecule has 25 heteroatoms. The van der Waals surface area contributed by atoms with Crippen LogP contribution in [-0.4, -0.2) is 146 Å². The number of methoxy groups -OCH3 is 5. The molecule has 0 bridgehead atoms. The fraction of sp³-hybridized carbons (Fsp3) is 0.468. The van der Waals surface area contributed by atoms with Gasteiger partial charge in [0.05, 0.1) is 109 Å². The molecule has 0 amide bonds. The highest BCUT2D eigenvalue weighted by Gasteiger charge is 2.12. The predicted molar refractivity (Wildman–Crippen MR) is 383 cm³/mol. The number of benzene rings is 4. The lowest BCUT2D eigenvalue weighted by molar-refractivity contribution is -0.141. The second kappa shape index (κ2) is 60.4. The number of ether oxygens (including phenoxy) is 6. The number of morpholine rings is 1. The number of unbranched alkanes of at least 4 members (excludes halogenated alkanes) is 3. The van der Waals surface area contributed by atoms with E-state index in [0.717, 1.165) is 77.0 Å². The molecule has 0 N–H and O–H groups in total. The van der Waals surface area contributed by atoms with Crippen LogP contribution in [-0.2, 0) is 14.3 Å². The van der Waals surface area contributed by atoms with Crippen molar-refractivity contribution in [2.75, 3.05) is 88.0 Å². The minimum atomic E-state index is -0.521. The number of hydrogen-bond donors (Lipinski definition) is 0. The fourth-order valence-electron chi connectivity index (χ4n) is 7.13. The molecule has 468 valence electrons. The summed E-state index contributed by atoms with van der Waals surface area (Å²) in [5.74, 6) is 3.11. The van der Waals surface area contributed by atoms with Gasteiger partial charge < -0.3 is 28.4 Å². The number of carbonyl (C=O) groups is 1. The lowest BCUT2D eigenvalue weighted by Gasteiger charge is -2.25. The van der Waals surface area contributed by atoms with Gasteiger partial charge in [0.1, 0.15) is 40.1 Å². The minimum absolute atomic E-state index is 0.133. The molecule has 1 heterocycles. The van der Waals surface area contributed by atoms with Gasteiger partial charge in [-0.25, -0.2) is 29.8 Å². The number of isothiocyanates is 8. The van der Waals surface area contributed by atoms with Crippen molar-refractivity contribution in [3.63, 3.8) is 0 Å². The third-order valence-electron chi connectivity index (χ3n) is 11.7. The number of nitrogens with zero attached hydrogens (tertiary/aromatic N) is 9. The Balaban J connectivity index is 0. The van der Waals surface area contributed by atoms with Crippen LogP contribution in [0.15, 0.2) is 131 Å². The molecule has 2 aliphatic rings. The average Bonchev–Trinajstić information content (AvgIpc) is 3.76. The van der Waals surface area contributed by atoms with Crippen LogP contribution in [0.2, 0.25) is 5.02 Å². The summed E-state index contributed by atoms with van der Waals surface area (Å²) in [5, 5.41) is 19.0. The van der Waals surface area contributed by atoms with Crippen LogP contribution >= 0.6 is 109 Å². The Labute approximate surface area is 562 Å². The molecule has 1 saturated carbocycles. The maximum atomic E-state index is 10.5. The third kappa shape index (κ3) is 45.1. The molecule has 0 radical (unpaired) electrons. The Kier molecular flexibility index (Phi) is 57.8. The topological polar surface area (TPSA) is 175 Å². The molecule has 2 unspecified atom stereocenters. The molecule has 1 aliphatic carbocycles. The molecule has 4 aromatic rings. The van der Waals surface area contributed by atoms with E-state index in [9.17, 15) is 4.79 Å². The zero-order chi connectivity index (χ0) is 65.0. The van der Waals surface area contributed by atoms with Crippen molar-refractivity contribution in [1.29, 1.82) is 0 Å². The molecule has 0 spiro atoms. The summed E-state index contributed by atoms with van der Waals surface area (Å²) in [5.41, 5.74) is 3.13. The molecule has 2 fully saturated rings. The van der Waals surface area contributed by atoms with Crippen LogP contribution in [0, 0.1) is 5.92 Å². The molecule has 16 nitrogen and oxygen atoms in total. The SMILES string of the molecule is CC(N=C=S)c1ccccc1.CCCCCCN=C=S.COC(=O)C(C)N=C=S.COc1ccc(Cl)cc1N=C=S.COc1ccc(N=C=S)c(OC)c1.COc1ccccc1N=C=S.S=C=NCC1CCCCC1.S=C=NCCCN1CCOCC1. The van der Waals surface area contributed by atoms with Gasteiger partial charge in [0, 0.05) is 37.3 Å². The van der Waals surface area contributed by atoms with E-state index >= 15 is 0 Å². The lowest BCUT2D eigenvalue weighted by atomic mass is 9.89. The van der Waals surface area contributed by atoms with Crippen molar-refractivity contribution in [2.24, 2.45) is 45.9 Å². The second-order valence-corrected chi connectivity index (χ2v) is 19.5. The smallest absolute Gasteiger partial charge is 0.331 e. The predicted octanol–water partition coefficient (Wildman–Crippen LogP) is 17.6. The van der Waals surface area contributed by atoms with Gasteiger partial charge >= 0.3 is 5.97 Å². The normalized spacial score (nSPS) is 12.0. The van der Waals surface area contributed by atoms with E-state index in [1.165, 1.54) is 64.0 Å². The van der Waals surface area contributed by atoms with Crippen LogP contribution in [0.4, 0.5) is 17.1 Å². The Hall–Kier alpha value is -5.84. The van der Waals surface area contributed by atoms with E-state index in [-0.39, 0.29) is 6.04 Å². The Morgan fingerprint density at radius 3 is 1.68 bits per heavy atom. The summed E-state index contributed by atoms with van der Waals surface area (Å²) in [6.07, 6.45) is 13.0. The van der Waals surface area contributed by atoms with E-state index < -0.39 is 12.0 Å². The molecule has 87 heavy (non-hydrogen) atoms. The molecule has 2 atom stereocenters. The third-order valence-corrected chi connectivity index (χ3v) is 12.8. The summed E-state index contributed by atoms with van der Waals surface area (Å²) in [6, 6.07) is 27.4. The Bertz CT molecular complexity index is 2930. The summed E-state index contributed by atoms with van der Waals surface area (Å²) in [6.45, 7) is 13.3. The van der Waals surface area contributed by atoms with E-state index in [1.54, 1.807) is 71.8 Å². The van der Waals surface area contributed by atoms with Gasteiger partial charge in [0.2, 0.25) is 0 Å². The minimum Gasteiger partial charge on any atom is -0.497 e. The zero-order valence-electron chi connectivity index (χ0n) is 50.6. The quantitative estimate of drug-likeness (QED) is 0.0314. The van der Waals surface area contributed by atoms with Gasteiger partial charge in [-0.2, -0.15) is 15.0 Å². The first-order chi connectivity index (χ1) is 42.3. The number of esters is 1. The first-order valence-corrected chi connectivity index (χ1v) is 31.1. The van der Waals surface area contributed by atoms with Crippen molar-refractivity contribution in [1.82, 2.24) is 4.90 Å². The second-order valence-electron chi connectivity index (χ2n) is 17.6. The highest BCUT2D eigenvalue weighted by molar-refractivity contribution is 7.79. The maximum absolute atomic E-state index is 10.5. The van der Waals surface area contributed by atoms with Crippen molar-refractivity contribution < 1.29 is 33.2 Å². The molecule has 6 rings (SSSR count). The zero-order valence-corrected chi connectivity index (χ0v) is 57.9. The molecule has 1 saturated heterocycles. The van der Waals surface area contributed by atoms with Crippen LogP contribution in [0.5, 0.6) is 23.0 Å². The number of halogens is 1. The first-order valence-electron chi connectivity index (χ1n) is 27.4. The van der Waals surface area contributed by atoms with E-state index in [2.05, 4.69) is 196 Å². The average molecular weight is 1350 g/mol. The number of carbonyl (C=O) groups excluding carboxylic acids is 1. The fourth-order valence-corrected chi connectivity index (χ4v) is 8.16. The van der Waals surface area contributed by atoms with Gasteiger partial charge in [0.25, 0.3) is 0 Å².